The molecule has 0 aliphatic carbocycles. The van der Waals surface area contributed by atoms with Gasteiger partial charge in [0.1, 0.15) is 23.4 Å². The number of anilines is 1. The average Bonchev–Trinajstić information content (AvgIpc) is 3.27. The molecule has 0 unspecified atom stereocenters. The van der Waals surface area contributed by atoms with Gasteiger partial charge in [0.2, 0.25) is 5.91 Å². The van der Waals surface area contributed by atoms with Crippen molar-refractivity contribution < 1.29 is 9.53 Å². The summed E-state index contributed by atoms with van der Waals surface area (Å²) < 4.78 is 7.52. The molecule has 0 radical (unpaired) electrons. The number of aryl methyl sites for hydroxylation is 1. The molecule has 7 nitrogen and oxygen atoms in total. The van der Waals surface area contributed by atoms with Crippen molar-refractivity contribution in [1.29, 1.82) is 5.26 Å². The summed E-state index contributed by atoms with van der Waals surface area (Å²) in [5.41, 5.74) is 1.50. The van der Waals surface area contributed by atoms with Crippen LogP contribution < -0.4 is 10.1 Å². The molecule has 0 bridgehead atoms. The summed E-state index contributed by atoms with van der Waals surface area (Å²) in [7, 11) is 1.81. The Morgan fingerprint density at radius 2 is 2.25 bits per heavy atom. The molecule has 10 heteroatoms. The molecule has 144 valence electrons. The predicted octanol–water partition coefficient (Wildman–Crippen LogP) is 4.02. The van der Waals surface area contributed by atoms with Crippen LogP contribution >= 0.6 is 34.7 Å². The highest BCUT2D eigenvalue weighted by Gasteiger charge is 2.14. The zero-order valence-electron chi connectivity index (χ0n) is 15.1. The number of carbonyl (C=O) groups is 1. The number of benzene rings is 1. The number of thiophene rings is 1. The lowest BCUT2D eigenvalue weighted by Crippen LogP contribution is -2.14. The minimum Gasteiger partial charge on any atom is -0.484 e. The van der Waals surface area contributed by atoms with Crippen LogP contribution in [0.25, 0.3) is 0 Å². The Morgan fingerprint density at radius 3 is 3.04 bits per heavy atom. The van der Waals surface area contributed by atoms with Gasteiger partial charge in [0.25, 0.3) is 0 Å². The summed E-state index contributed by atoms with van der Waals surface area (Å²) >= 11 is 8.71. The number of thioether (sulfide) groups is 1. The highest BCUT2D eigenvalue weighted by molar-refractivity contribution is 7.99. The van der Waals surface area contributed by atoms with Crippen LogP contribution in [0.3, 0.4) is 0 Å². The smallest absolute Gasteiger partial charge is 0.235 e. The quantitative estimate of drug-likeness (QED) is 0.565. The van der Waals surface area contributed by atoms with Gasteiger partial charge in [-0.25, -0.2) is 0 Å². The van der Waals surface area contributed by atoms with E-state index in [1.807, 2.05) is 32.2 Å². The molecule has 2 aromatic heterocycles. The van der Waals surface area contributed by atoms with Crippen LogP contribution in [-0.4, -0.2) is 26.4 Å². The molecule has 0 aliphatic heterocycles. The van der Waals surface area contributed by atoms with Gasteiger partial charge in [-0.15, -0.1) is 21.5 Å². The SMILES string of the molecule is Cc1ccc(Cl)c(OCc2nnc(SCC(=O)Nc3sccc3C#N)n2C)c1. The van der Waals surface area contributed by atoms with Crippen molar-refractivity contribution in [2.75, 3.05) is 11.1 Å². The monoisotopic (exact) mass is 433 g/mol. The molecule has 1 amide bonds. The van der Waals surface area contributed by atoms with Crippen molar-refractivity contribution in [2.24, 2.45) is 7.05 Å². The zero-order valence-corrected chi connectivity index (χ0v) is 17.5. The van der Waals surface area contributed by atoms with Crippen LogP contribution in [0.1, 0.15) is 17.0 Å². The standard InChI is InChI=1S/C18H16ClN5O2S2/c1-11-3-4-13(19)14(7-11)26-9-15-22-23-18(24(15)2)28-10-16(25)21-17-12(8-20)5-6-27-17/h3-7H,9-10H2,1-2H3,(H,21,25). The molecular formula is C18H16ClN5O2S2. The highest BCUT2D eigenvalue weighted by Crippen LogP contribution is 2.26. The van der Waals surface area contributed by atoms with Crippen molar-refractivity contribution in [2.45, 2.75) is 18.7 Å². The van der Waals surface area contributed by atoms with Crippen molar-refractivity contribution in [3.63, 3.8) is 0 Å². The third kappa shape index (κ3) is 4.84. The number of hydrogen-bond acceptors (Lipinski definition) is 7. The number of ether oxygens (including phenoxy) is 1. The molecule has 28 heavy (non-hydrogen) atoms. The molecule has 0 saturated heterocycles. The summed E-state index contributed by atoms with van der Waals surface area (Å²) in [4.78, 5) is 12.1. The third-order valence-corrected chi connectivity index (χ3v) is 5.90. The molecule has 0 fully saturated rings. The van der Waals surface area contributed by atoms with Gasteiger partial charge in [0.05, 0.1) is 16.3 Å². The van der Waals surface area contributed by atoms with Gasteiger partial charge >= 0.3 is 0 Å². The fourth-order valence-corrected chi connectivity index (χ4v) is 3.90. The summed E-state index contributed by atoms with van der Waals surface area (Å²) in [5, 5.41) is 23.4. The van der Waals surface area contributed by atoms with E-state index >= 15 is 0 Å². The molecule has 3 aromatic rings. The average molecular weight is 434 g/mol. The first-order valence-electron chi connectivity index (χ1n) is 8.15. The number of nitriles is 1. The number of rotatable bonds is 7. The molecule has 2 heterocycles. The van der Waals surface area contributed by atoms with E-state index in [-0.39, 0.29) is 18.3 Å². The predicted molar refractivity (Wildman–Crippen MR) is 110 cm³/mol. The van der Waals surface area contributed by atoms with Gasteiger partial charge in [0, 0.05) is 7.05 Å². The van der Waals surface area contributed by atoms with E-state index in [2.05, 4.69) is 15.5 Å². The molecule has 0 atom stereocenters. The van der Waals surface area contributed by atoms with E-state index in [1.54, 1.807) is 22.1 Å². The second kappa shape index (κ2) is 9.10. The van der Waals surface area contributed by atoms with Gasteiger partial charge in [-0.1, -0.05) is 29.4 Å². The van der Waals surface area contributed by atoms with E-state index < -0.39 is 0 Å². The third-order valence-electron chi connectivity index (χ3n) is 3.74. The Bertz CT molecular complexity index is 1040. The van der Waals surface area contributed by atoms with Crippen LogP contribution in [0.15, 0.2) is 34.8 Å². The van der Waals surface area contributed by atoms with Gasteiger partial charge in [0.15, 0.2) is 11.0 Å². The molecule has 0 saturated carbocycles. The molecule has 0 spiro atoms. The van der Waals surface area contributed by atoms with Gasteiger partial charge in [-0.05, 0) is 36.1 Å². The number of nitrogens with zero attached hydrogens (tertiary/aromatic N) is 4. The zero-order chi connectivity index (χ0) is 20.1. The Hall–Kier alpha value is -2.54. The van der Waals surface area contributed by atoms with Gasteiger partial charge in [-0.3, -0.25) is 4.79 Å². The van der Waals surface area contributed by atoms with Crippen molar-refractivity contribution >= 4 is 45.6 Å². The Balaban J connectivity index is 1.56. The van der Waals surface area contributed by atoms with E-state index in [0.717, 1.165) is 5.56 Å². The Labute approximate surface area is 175 Å². The van der Waals surface area contributed by atoms with E-state index in [1.165, 1.54) is 23.1 Å². The Morgan fingerprint density at radius 1 is 1.43 bits per heavy atom. The first kappa shape index (κ1) is 20.2. The largest absolute Gasteiger partial charge is 0.484 e. The fraction of sp³-hybridized carbons (Fsp3) is 0.222. The number of aromatic nitrogens is 3. The van der Waals surface area contributed by atoms with Crippen molar-refractivity contribution in [3.8, 4) is 11.8 Å². The minimum atomic E-state index is -0.212. The molecule has 3 rings (SSSR count). The van der Waals surface area contributed by atoms with E-state index in [9.17, 15) is 4.79 Å². The summed E-state index contributed by atoms with van der Waals surface area (Å²) in [6, 6.07) is 9.27. The maximum Gasteiger partial charge on any atom is 0.235 e. The van der Waals surface area contributed by atoms with Crippen LogP contribution in [0.4, 0.5) is 5.00 Å². The van der Waals surface area contributed by atoms with Gasteiger partial charge in [-0.2, -0.15) is 5.26 Å². The first-order chi connectivity index (χ1) is 13.5. The number of carbonyl (C=O) groups excluding carboxylic acids is 1. The fourth-order valence-electron chi connectivity index (χ4n) is 2.25. The van der Waals surface area contributed by atoms with Crippen LogP contribution in [0.5, 0.6) is 5.75 Å². The lowest BCUT2D eigenvalue weighted by molar-refractivity contribution is -0.113. The lowest BCUT2D eigenvalue weighted by Gasteiger charge is -2.09. The number of halogens is 1. The second-order valence-corrected chi connectivity index (χ2v) is 8.06. The van der Waals surface area contributed by atoms with E-state index in [0.29, 0.717) is 32.3 Å². The number of nitrogens with one attached hydrogen (secondary N) is 1. The molecule has 1 N–H and O–H groups in total. The summed E-state index contributed by atoms with van der Waals surface area (Å²) in [6.45, 7) is 2.17. The first-order valence-corrected chi connectivity index (χ1v) is 10.4. The summed E-state index contributed by atoms with van der Waals surface area (Å²) in [5.74, 6) is 1.14. The second-order valence-electron chi connectivity index (χ2n) is 5.79. The maximum absolute atomic E-state index is 12.1. The van der Waals surface area contributed by atoms with Crippen molar-refractivity contribution in [1.82, 2.24) is 14.8 Å². The molecule has 0 aliphatic rings. The molecular weight excluding hydrogens is 418 g/mol. The topological polar surface area (TPSA) is 92.8 Å². The van der Waals surface area contributed by atoms with E-state index in [4.69, 9.17) is 21.6 Å². The minimum absolute atomic E-state index is 0.152. The van der Waals surface area contributed by atoms with Crippen molar-refractivity contribution in [3.05, 3.63) is 51.6 Å². The van der Waals surface area contributed by atoms with Crippen LogP contribution in [0.2, 0.25) is 5.02 Å². The maximum atomic E-state index is 12.1. The van der Waals surface area contributed by atoms with Crippen LogP contribution in [-0.2, 0) is 18.4 Å². The lowest BCUT2D eigenvalue weighted by atomic mass is 10.2. The van der Waals surface area contributed by atoms with Gasteiger partial charge < -0.3 is 14.6 Å². The summed E-state index contributed by atoms with van der Waals surface area (Å²) in [6.07, 6.45) is 0. The number of amides is 1. The highest BCUT2D eigenvalue weighted by atomic mass is 35.5. The number of hydrogen-bond donors (Lipinski definition) is 1. The normalized spacial score (nSPS) is 10.5. The molecule has 1 aromatic carbocycles. The van der Waals surface area contributed by atoms with Crippen LogP contribution in [0, 0.1) is 18.3 Å². The Kier molecular flexibility index (Phi) is 6.57.